The molecule has 1 aromatic carbocycles. The zero-order chi connectivity index (χ0) is 16.5. The summed E-state index contributed by atoms with van der Waals surface area (Å²) in [7, 11) is -7.40. The first-order chi connectivity index (χ1) is 9.37. The molecule has 21 heavy (non-hydrogen) atoms. The molecule has 0 radical (unpaired) electrons. The Balaban J connectivity index is 3.28. The molecule has 10 heteroatoms. The van der Waals surface area contributed by atoms with Gasteiger partial charge in [-0.15, -0.1) is 0 Å². The highest BCUT2D eigenvalue weighted by molar-refractivity contribution is 7.91. The summed E-state index contributed by atoms with van der Waals surface area (Å²) in [6.07, 6.45) is 1.78. The highest BCUT2D eigenvalue weighted by Gasteiger charge is 2.27. The first-order valence-electron chi connectivity index (χ1n) is 5.73. The largest absolute Gasteiger partial charge is 0.378 e. The van der Waals surface area contributed by atoms with Crippen LogP contribution in [0, 0.1) is 0 Å². The van der Waals surface area contributed by atoms with Gasteiger partial charge in [0.05, 0.1) is 28.6 Å². The minimum atomic E-state index is -3.79. The van der Waals surface area contributed by atoms with Gasteiger partial charge < -0.3 is 11.1 Å². The van der Waals surface area contributed by atoms with E-state index < -0.39 is 38.7 Å². The second kappa shape index (κ2) is 5.85. The molecule has 120 valence electrons. The van der Waals surface area contributed by atoms with Gasteiger partial charge in [-0.1, -0.05) is 0 Å². The normalized spacial score (nSPS) is 13.2. The van der Waals surface area contributed by atoms with Gasteiger partial charge in [0.25, 0.3) is 5.92 Å². The monoisotopic (exact) mass is 342 g/mol. The smallest absolute Gasteiger partial charge is 0.276 e. The fourth-order valence-corrected chi connectivity index (χ4v) is 3.09. The van der Waals surface area contributed by atoms with Crippen molar-refractivity contribution in [1.82, 2.24) is 0 Å². The van der Waals surface area contributed by atoms with Crippen molar-refractivity contribution >= 4 is 25.4 Å². The van der Waals surface area contributed by atoms with E-state index in [2.05, 4.69) is 5.32 Å². The molecule has 0 aromatic heterocycles. The maximum Gasteiger partial charge on any atom is 0.276 e. The van der Waals surface area contributed by atoms with E-state index in [1.165, 1.54) is 0 Å². The average Bonchev–Trinajstić information content (AvgIpc) is 2.34. The molecule has 0 fully saturated rings. The van der Waals surface area contributed by atoms with Crippen molar-refractivity contribution in [3.05, 3.63) is 18.2 Å². The van der Waals surface area contributed by atoms with Crippen LogP contribution in [0.5, 0.6) is 0 Å². The minimum Gasteiger partial charge on any atom is -0.378 e. The van der Waals surface area contributed by atoms with Crippen LogP contribution in [-0.2, 0) is 19.7 Å². The minimum absolute atomic E-state index is 0.0991. The van der Waals surface area contributed by atoms with E-state index in [9.17, 15) is 25.6 Å². The summed E-state index contributed by atoms with van der Waals surface area (Å²) >= 11 is 0. The van der Waals surface area contributed by atoms with Gasteiger partial charge in [0.2, 0.25) is 0 Å². The summed E-state index contributed by atoms with van der Waals surface area (Å²) in [4.78, 5) is -0.572. The first kappa shape index (κ1) is 17.8. The Kier molecular flexibility index (Phi) is 4.96. The predicted octanol–water partition coefficient (Wildman–Crippen LogP) is 0.500. The molecule has 0 bridgehead atoms. The lowest BCUT2D eigenvalue weighted by atomic mass is 10.3. The topological polar surface area (TPSA) is 106 Å². The Morgan fingerprint density at radius 2 is 1.71 bits per heavy atom. The van der Waals surface area contributed by atoms with Crippen LogP contribution in [0.3, 0.4) is 0 Å². The third-order valence-electron chi connectivity index (χ3n) is 2.62. The van der Waals surface area contributed by atoms with E-state index in [1.54, 1.807) is 0 Å². The Bertz CT molecular complexity index is 731. The summed E-state index contributed by atoms with van der Waals surface area (Å²) in [5.74, 6) is -3.20. The van der Waals surface area contributed by atoms with Gasteiger partial charge in [-0.2, -0.15) is 0 Å². The Morgan fingerprint density at radius 3 is 2.14 bits per heavy atom. The SMILES string of the molecule is CS(=O)(=O)c1ccc(NCC(F)(F)CN)c(S(C)(=O)=O)c1. The van der Waals surface area contributed by atoms with Crippen molar-refractivity contribution in [2.75, 3.05) is 30.9 Å². The number of nitrogens with one attached hydrogen (secondary N) is 1. The van der Waals surface area contributed by atoms with Crippen molar-refractivity contribution < 1.29 is 25.6 Å². The quantitative estimate of drug-likeness (QED) is 0.780. The van der Waals surface area contributed by atoms with E-state index >= 15 is 0 Å². The molecule has 0 saturated heterocycles. The molecule has 0 aliphatic carbocycles. The molecule has 0 heterocycles. The van der Waals surface area contributed by atoms with E-state index in [4.69, 9.17) is 5.73 Å². The van der Waals surface area contributed by atoms with E-state index in [1.807, 2.05) is 0 Å². The van der Waals surface area contributed by atoms with Crippen LogP contribution in [0.4, 0.5) is 14.5 Å². The standard InChI is InChI=1S/C11H16F2N2O4S2/c1-20(16,17)8-3-4-9(10(5-8)21(2,18)19)15-7-11(12,13)6-14/h3-5,15H,6-7,14H2,1-2H3. The lowest BCUT2D eigenvalue weighted by Crippen LogP contribution is -2.35. The molecule has 0 aliphatic heterocycles. The molecule has 0 amide bonds. The summed E-state index contributed by atoms with van der Waals surface area (Å²) in [5.41, 5.74) is 4.79. The number of benzene rings is 1. The van der Waals surface area contributed by atoms with Crippen molar-refractivity contribution in [1.29, 1.82) is 0 Å². The number of rotatable bonds is 6. The number of anilines is 1. The van der Waals surface area contributed by atoms with Gasteiger partial charge in [-0.3, -0.25) is 0 Å². The zero-order valence-corrected chi connectivity index (χ0v) is 13.1. The number of halogens is 2. The van der Waals surface area contributed by atoms with Crippen molar-refractivity contribution in [3.63, 3.8) is 0 Å². The van der Waals surface area contributed by atoms with Gasteiger partial charge in [0.1, 0.15) is 0 Å². The fourth-order valence-electron chi connectivity index (χ4n) is 1.48. The third kappa shape index (κ3) is 4.90. The van der Waals surface area contributed by atoms with E-state index in [-0.39, 0.29) is 15.5 Å². The Morgan fingerprint density at radius 1 is 1.14 bits per heavy atom. The van der Waals surface area contributed by atoms with Crippen molar-refractivity contribution in [2.24, 2.45) is 5.73 Å². The van der Waals surface area contributed by atoms with Crippen LogP contribution in [0.1, 0.15) is 0 Å². The number of hydrogen-bond acceptors (Lipinski definition) is 6. The predicted molar refractivity (Wildman–Crippen MR) is 75.2 cm³/mol. The molecule has 0 aliphatic rings. The maximum absolute atomic E-state index is 13.1. The number of alkyl halides is 2. The van der Waals surface area contributed by atoms with Gasteiger partial charge in [-0.05, 0) is 18.2 Å². The lowest BCUT2D eigenvalue weighted by molar-refractivity contribution is 0.0253. The number of nitrogens with two attached hydrogens (primary N) is 1. The first-order valence-corrected chi connectivity index (χ1v) is 9.51. The van der Waals surface area contributed by atoms with Crippen molar-refractivity contribution in [2.45, 2.75) is 15.7 Å². The molecular formula is C11H16F2N2O4S2. The maximum atomic E-state index is 13.1. The van der Waals surface area contributed by atoms with Crippen molar-refractivity contribution in [3.8, 4) is 0 Å². The Labute approximate surface area is 122 Å². The summed E-state index contributed by atoms with van der Waals surface area (Å²) in [6.45, 7) is -1.75. The number of sulfone groups is 2. The lowest BCUT2D eigenvalue weighted by Gasteiger charge is -2.17. The second-order valence-corrected chi connectivity index (χ2v) is 8.62. The van der Waals surface area contributed by atoms with Crippen LogP contribution in [0.15, 0.2) is 28.0 Å². The third-order valence-corrected chi connectivity index (χ3v) is 4.86. The van der Waals surface area contributed by atoms with Crippen LogP contribution in [0.25, 0.3) is 0 Å². The van der Waals surface area contributed by atoms with Crippen LogP contribution >= 0.6 is 0 Å². The highest BCUT2D eigenvalue weighted by Crippen LogP contribution is 2.26. The van der Waals surface area contributed by atoms with E-state index in [0.717, 1.165) is 30.7 Å². The van der Waals surface area contributed by atoms with Gasteiger partial charge in [0.15, 0.2) is 19.7 Å². The molecule has 1 rings (SSSR count). The van der Waals surface area contributed by atoms with Gasteiger partial charge in [-0.25, -0.2) is 25.6 Å². The Hall–Kier alpha value is -1.26. The summed E-state index contributed by atoms with van der Waals surface area (Å²) in [6, 6.07) is 3.22. The fraction of sp³-hybridized carbons (Fsp3) is 0.455. The molecule has 1 aromatic rings. The van der Waals surface area contributed by atoms with Crippen LogP contribution < -0.4 is 11.1 Å². The summed E-state index contributed by atoms with van der Waals surface area (Å²) < 4.78 is 72.4. The molecular weight excluding hydrogens is 326 g/mol. The summed E-state index contributed by atoms with van der Waals surface area (Å²) in [5, 5.41) is 2.29. The zero-order valence-electron chi connectivity index (χ0n) is 11.4. The average molecular weight is 342 g/mol. The molecule has 6 nitrogen and oxygen atoms in total. The highest BCUT2D eigenvalue weighted by atomic mass is 32.2. The van der Waals surface area contributed by atoms with Gasteiger partial charge >= 0.3 is 0 Å². The van der Waals surface area contributed by atoms with Gasteiger partial charge in [0, 0.05) is 12.5 Å². The molecule has 3 N–H and O–H groups in total. The van der Waals surface area contributed by atoms with E-state index in [0.29, 0.717) is 0 Å². The molecule has 0 atom stereocenters. The second-order valence-electron chi connectivity index (χ2n) is 4.62. The number of hydrogen-bond donors (Lipinski definition) is 2. The van der Waals surface area contributed by atoms with Crippen LogP contribution in [-0.4, -0.2) is 48.4 Å². The molecule has 0 spiro atoms. The molecule has 0 unspecified atom stereocenters. The van der Waals surface area contributed by atoms with Crippen LogP contribution in [0.2, 0.25) is 0 Å². The molecule has 0 saturated carbocycles.